The summed E-state index contributed by atoms with van der Waals surface area (Å²) in [5.41, 5.74) is 1.31. The van der Waals surface area contributed by atoms with Gasteiger partial charge in [-0.1, -0.05) is 57.6 Å². The third kappa shape index (κ3) is 21.2. The Hall–Kier alpha value is 0.486. The molecule has 0 atom stereocenters. The summed E-state index contributed by atoms with van der Waals surface area (Å²) >= 11 is 0. The van der Waals surface area contributed by atoms with Crippen molar-refractivity contribution in [2.75, 3.05) is 25.6 Å². The molecule has 0 aliphatic rings. The van der Waals surface area contributed by atoms with Gasteiger partial charge in [-0.05, 0) is 37.0 Å². The Kier molecular flexibility index (Phi) is 22.7. The molecule has 3 N–H and O–H groups in total. The van der Waals surface area contributed by atoms with Gasteiger partial charge in [-0.2, -0.15) is 8.42 Å². The maximum atomic E-state index is 10.6. The van der Waals surface area contributed by atoms with Gasteiger partial charge in [0.2, 0.25) is 0 Å². The number of hydrogen-bond acceptors (Lipinski definition) is 5. The second-order valence-electron chi connectivity index (χ2n) is 6.45. The molecule has 0 aromatic heterocycles. The van der Waals surface area contributed by atoms with E-state index in [0.29, 0.717) is 6.42 Å². The molecule has 28 heavy (non-hydrogen) atoms. The molecule has 8 heteroatoms. The zero-order valence-electron chi connectivity index (χ0n) is 18.5. The SMILES string of the molecule is CCCCCCCCCc1ccc(OCCCS(=O)(=O)O)cc1.OCCO.[H-].[K+]. The minimum atomic E-state index is -3.89. The molecule has 0 fully saturated rings. The third-order valence-electron chi connectivity index (χ3n) is 3.91. The minimum absolute atomic E-state index is 0. The van der Waals surface area contributed by atoms with Gasteiger partial charge in [-0.3, -0.25) is 4.55 Å². The molecule has 160 valence electrons. The Bertz CT molecular complexity index is 553. The van der Waals surface area contributed by atoms with Crippen molar-refractivity contribution in [3.8, 4) is 5.75 Å². The van der Waals surface area contributed by atoms with Crippen molar-refractivity contribution in [2.24, 2.45) is 0 Å². The first kappa shape index (κ1) is 30.7. The van der Waals surface area contributed by atoms with Crippen molar-refractivity contribution in [3.05, 3.63) is 29.8 Å². The van der Waals surface area contributed by atoms with Crippen LogP contribution in [0.25, 0.3) is 0 Å². The fourth-order valence-electron chi connectivity index (χ4n) is 2.47. The number of unbranched alkanes of at least 4 members (excludes halogenated alkanes) is 6. The van der Waals surface area contributed by atoms with E-state index in [2.05, 4.69) is 19.1 Å². The van der Waals surface area contributed by atoms with E-state index in [0.717, 1.165) is 12.2 Å². The van der Waals surface area contributed by atoms with Crippen molar-refractivity contribution >= 4 is 10.1 Å². The predicted octanol–water partition coefficient (Wildman–Crippen LogP) is 0.724. The standard InChI is InChI=1S/C18H30O4S.C2H6O2.K.H/c1-2-3-4-5-6-7-8-10-17-11-13-18(14-12-17)22-15-9-16-23(19,20)21;3-1-2-4;;/h11-14H,2-10,15-16H2,1H3,(H,19,20,21);3-4H,1-2H2;;/q;;+1;-1. The van der Waals surface area contributed by atoms with Gasteiger partial charge in [0.15, 0.2) is 0 Å². The Labute approximate surface area is 214 Å². The first-order valence-corrected chi connectivity index (χ1v) is 11.4. The second-order valence-corrected chi connectivity index (χ2v) is 8.02. The summed E-state index contributed by atoms with van der Waals surface area (Å²) in [5.74, 6) is 0.479. The molecule has 0 bridgehead atoms. The summed E-state index contributed by atoms with van der Waals surface area (Å²) in [7, 11) is -3.89. The maximum absolute atomic E-state index is 10.6. The number of ether oxygens (including phenoxy) is 1. The van der Waals surface area contributed by atoms with E-state index in [1.165, 1.54) is 50.5 Å². The smallest absolute Gasteiger partial charge is 1.00 e. The molecular weight excluding hydrogens is 407 g/mol. The Balaban J connectivity index is -0.00000103. The molecule has 0 amide bonds. The van der Waals surface area contributed by atoms with Gasteiger partial charge in [0.1, 0.15) is 5.75 Å². The Morgan fingerprint density at radius 1 is 0.893 bits per heavy atom. The van der Waals surface area contributed by atoms with E-state index >= 15 is 0 Å². The van der Waals surface area contributed by atoms with Crippen LogP contribution in [0.2, 0.25) is 0 Å². The summed E-state index contributed by atoms with van der Waals surface area (Å²) in [6, 6.07) is 7.97. The van der Waals surface area contributed by atoms with Crippen LogP contribution in [-0.2, 0) is 16.5 Å². The van der Waals surface area contributed by atoms with Crippen LogP contribution in [0.1, 0.15) is 65.3 Å². The minimum Gasteiger partial charge on any atom is -1.00 e. The first-order valence-electron chi connectivity index (χ1n) is 9.81. The van der Waals surface area contributed by atoms with Crippen molar-refractivity contribution < 1.29 is 80.7 Å². The van der Waals surface area contributed by atoms with Gasteiger partial charge < -0.3 is 16.4 Å². The average molecular weight is 445 g/mol. The van der Waals surface area contributed by atoms with E-state index in [9.17, 15) is 8.42 Å². The summed E-state index contributed by atoms with van der Waals surface area (Å²) < 4.78 is 35.3. The van der Waals surface area contributed by atoms with Crippen LogP contribution < -0.4 is 56.1 Å². The average Bonchev–Trinajstić information content (AvgIpc) is 2.65. The molecule has 0 saturated carbocycles. The van der Waals surface area contributed by atoms with Crippen molar-refractivity contribution in [3.63, 3.8) is 0 Å². The predicted molar refractivity (Wildman–Crippen MR) is 110 cm³/mol. The first-order chi connectivity index (χ1) is 12.9. The van der Waals surface area contributed by atoms with Crippen molar-refractivity contribution in [2.45, 2.75) is 64.7 Å². The normalized spacial score (nSPS) is 10.6. The molecule has 0 radical (unpaired) electrons. The van der Waals surface area contributed by atoms with Crippen molar-refractivity contribution in [1.82, 2.24) is 0 Å². The summed E-state index contributed by atoms with van der Waals surface area (Å²) in [4.78, 5) is 0. The van der Waals surface area contributed by atoms with E-state index in [1.54, 1.807) is 0 Å². The van der Waals surface area contributed by atoms with Crippen LogP contribution in [0.4, 0.5) is 0 Å². The number of hydrogen-bond donors (Lipinski definition) is 3. The number of aliphatic hydroxyl groups excluding tert-OH is 2. The largest absolute Gasteiger partial charge is 1.00 e. The molecule has 1 rings (SSSR count). The van der Waals surface area contributed by atoms with Gasteiger partial charge in [0, 0.05) is 0 Å². The van der Waals surface area contributed by atoms with Crippen LogP contribution in [0.3, 0.4) is 0 Å². The second kappa shape index (κ2) is 20.7. The maximum Gasteiger partial charge on any atom is 1.00 e. The molecule has 0 unspecified atom stereocenters. The fraction of sp³-hybridized carbons (Fsp3) is 0.700. The van der Waals surface area contributed by atoms with Gasteiger partial charge in [-0.15, -0.1) is 0 Å². The van der Waals surface area contributed by atoms with Gasteiger partial charge in [-0.25, -0.2) is 0 Å². The molecule has 0 heterocycles. The quantitative estimate of drug-likeness (QED) is 0.222. The van der Waals surface area contributed by atoms with E-state index < -0.39 is 10.1 Å². The molecule has 1 aromatic carbocycles. The molecule has 6 nitrogen and oxygen atoms in total. The summed E-state index contributed by atoms with van der Waals surface area (Å²) in [6.07, 6.45) is 10.6. The van der Waals surface area contributed by atoms with Crippen molar-refractivity contribution in [1.29, 1.82) is 0 Å². The number of benzene rings is 1. The molecular formula is C20H37KO6S. The molecule has 0 aliphatic carbocycles. The number of aliphatic hydroxyl groups is 2. The Morgan fingerprint density at radius 2 is 1.43 bits per heavy atom. The van der Waals surface area contributed by atoms with Crippen LogP contribution in [-0.4, -0.2) is 48.8 Å². The monoisotopic (exact) mass is 444 g/mol. The van der Waals surface area contributed by atoms with E-state index in [4.69, 9.17) is 19.5 Å². The summed E-state index contributed by atoms with van der Waals surface area (Å²) in [5, 5.41) is 15.2. The molecule has 0 aliphatic heterocycles. The Morgan fingerprint density at radius 3 is 1.93 bits per heavy atom. The van der Waals surface area contributed by atoms with E-state index in [1.807, 2.05) is 12.1 Å². The zero-order valence-corrected chi connectivity index (χ0v) is 21.4. The van der Waals surface area contributed by atoms with Crippen LogP contribution >= 0.6 is 0 Å². The molecule has 0 saturated heterocycles. The third-order valence-corrected chi connectivity index (χ3v) is 4.71. The van der Waals surface area contributed by atoms with Crippen LogP contribution in [0.15, 0.2) is 24.3 Å². The van der Waals surface area contributed by atoms with Crippen LogP contribution in [0, 0.1) is 0 Å². The van der Waals surface area contributed by atoms with Gasteiger partial charge in [0.05, 0.1) is 25.6 Å². The number of rotatable bonds is 14. The topological polar surface area (TPSA) is 104 Å². The fourth-order valence-corrected chi connectivity index (χ4v) is 2.95. The summed E-state index contributed by atoms with van der Waals surface area (Å²) in [6.45, 7) is 2.28. The van der Waals surface area contributed by atoms with E-state index in [-0.39, 0.29) is 78.4 Å². The molecule has 1 aromatic rings. The van der Waals surface area contributed by atoms with Gasteiger partial charge >= 0.3 is 51.4 Å². The zero-order chi connectivity index (χ0) is 20.4. The van der Waals surface area contributed by atoms with Crippen LogP contribution in [0.5, 0.6) is 5.75 Å². The van der Waals surface area contributed by atoms with Gasteiger partial charge in [0.25, 0.3) is 10.1 Å². The number of aryl methyl sites for hydroxylation is 1. The molecule has 0 spiro atoms.